The van der Waals surface area contributed by atoms with Gasteiger partial charge in [0.1, 0.15) is 11.6 Å². The van der Waals surface area contributed by atoms with Crippen molar-refractivity contribution >= 4 is 22.3 Å². The molecule has 0 aliphatic heterocycles. The molecule has 25 heavy (non-hydrogen) atoms. The van der Waals surface area contributed by atoms with E-state index in [1.807, 2.05) is 34.0 Å². The summed E-state index contributed by atoms with van der Waals surface area (Å²) in [5.74, 6) is 1.61. The van der Waals surface area contributed by atoms with Crippen molar-refractivity contribution in [1.82, 2.24) is 19.9 Å². The zero-order chi connectivity index (χ0) is 17.8. The maximum absolute atomic E-state index is 4.66. The highest BCUT2D eigenvalue weighted by molar-refractivity contribution is 7.13. The summed E-state index contributed by atoms with van der Waals surface area (Å²) in [6.07, 6.45) is 0.797. The molecule has 0 atom stereocenters. The van der Waals surface area contributed by atoms with Crippen molar-refractivity contribution in [1.29, 1.82) is 0 Å². The number of nitrogens with zero attached hydrogens (tertiary/aromatic N) is 4. The van der Waals surface area contributed by atoms with E-state index in [0.29, 0.717) is 0 Å². The van der Waals surface area contributed by atoms with Crippen molar-refractivity contribution in [2.75, 3.05) is 19.4 Å². The average Bonchev–Trinajstić information content (AvgIpc) is 2.98. The lowest BCUT2D eigenvalue weighted by atomic mass is 10.0. The second-order valence-electron chi connectivity index (χ2n) is 6.35. The third kappa shape index (κ3) is 4.61. The van der Waals surface area contributed by atoms with Crippen molar-refractivity contribution in [3.8, 4) is 0 Å². The lowest BCUT2D eigenvalue weighted by Gasteiger charge is -2.13. The second kappa shape index (κ2) is 7.72. The fourth-order valence-corrected chi connectivity index (χ4v) is 3.41. The van der Waals surface area contributed by atoms with E-state index in [4.69, 9.17) is 0 Å². The molecule has 0 fully saturated rings. The Morgan fingerprint density at radius 1 is 1.04 bits per heavy atom. The number of aromatic nitrogens is 3. The van der Waals surface area contributed by atoms with E-state index in [1.54, 1.807) is 11.3 Å². The molecule has 0 saturated heterocycles. The van der Waals surface area contributed by atoms with Crippen LogP contribution in [0.25, 0.3) is 0 Å². The number of thiazole rings is 1. The van der Waals surface area contributed by atoms with Crippen LogP contribution in [0.3, 0.4) is 0 Å². The zero-order valence-corrected chi connectivity index (χ0v) is 15.9. The molecular weight excluding hydrogens is 330 g/mol. The van der Waals surface area contributed by atoms with Gasteiger partial charge in [0, 0.05) is 29.6 Å². The number of rotatable bonds is 6. The SMILES string of the molecule is Cc1nc(C)c(Cc2ccccc2)c(Nc2nc(CN(C)C)cs2)n1. The average molecular weight is 353 g/mol. The van der Waals surface area contributed by atoms with Crippen LogP contribution in [-0.4, -0.2) is 33.9 Å². The summed E-state index contributed by atoms with van der Waals surface area (Å²) in [6, 6.07) is 10.4. The minimum Gasteiger partial charge on any atom is -0.316 e. The lowest BCUT2D eigenvalue weighted by Crippen LogP contribution is -2.11. The summed E-state index contributed by atoms with van der Waals surface area (Å²) in [5.41, 5.74) is 4.42. The summed E-state index contributed by atoms with van der Waals surface area (Å²) in [5, 5.41) is 6.35. The molecule has 1 aromatic carbocycles. The van der Waals surface area contributed by atoms with Crippen molar-refractivity contribution < 1.29 is 0 Å². The van der Waals surface area contributed by atoms with Gasteiger partial charge >= 0.3 is 0 Å². The second-order valence-corrected chi connectivity index (χ2v) is 7.21. The molecule has 0 aliphatic rings. The normalized spacial score (nSPS) is 11.1. The van der Waals surface area contributed by atoms with Crippen LogP contribution in [0.2, 0.25) is 0 Å². The van der Waals surface area contributed by atoms with Gasteiger partial charge in [0.15, 0.2) is 5.13 Å². The standard InChI is InChI=1S/C19H23N5S/c1-13-17(10-15-8-6-5-7-9-15)18(21-14(2)20-13)23-19-22-16(12-25-19)11-24(3)4/h5-9,12H,10-11H2,1-4H3,(H,20,21,22,23). The van der Waals surface area contributed by atoms with Gasteiger partial charge in [0.2, 0.25) is 0 Å². The number of hydrogen-bond donors (Lipinski definition) is 1. The quantitative estimate of drug-likeness (QED) is 0.727. The van der Waals surface area contributed by atoms with Crippen LogP contribution >= 0.6 is 11.3 Å². The molecule has 0 aliphatic carbocycles. The molecule has 3 aromatic rings. The van der Waals surface area contributed by atoms with E-state index < -0.39 is 0 Å². The predicted octanol–water partition coefficient (Wildman–Crippen LogP) is 3.95. The Kier molecular flexibility index (Phi) is 5.40. The Bertz CT molecular complexity index is 842. The highest BCUT2D eigenvalue weighted by Gasteiger charge is 2.13. The van der Waals surface area contributed by atoms with Gasteiger partial charge in [-0.15, -0.1) is 11.3 Å². The number of aryl methyl sites for hydroxylation is 2. The summed E-state index contributed by atoms with van der Waals surface area (Å²) < 4.78 is 0. The van der Waals surface area contributed by atoms with E-state index >= 15 is 0 Å². The molecule has 6 heteroatoms. The van der Waals surface area contributed by atoms with Crippen LogP contribution in [0, 0.1) is 13.8 Å². The maximum Gasteiger partial charge on any atom is 0.188 e. The van der Waals surface area contributed by atoms with Crippen LogP contribution in [-0.2, 0) is 13.0 Å². The molecule has 5 nitrogen and oxygen atoms in total. The molecule has 1 N–H and O–H groups in total. The van der Waals surface area contributed by atoms with Gasteiger partial charge in [0.05, 0.1) is 5.69 Å². The predicted molar refractivity (Wildman–Crippen MR) is 104 cm³/mol. The minimum absolute atomic E-state index is 0.766. The highest BCUT2D eigenvalue weighted by Crippen LogP contribution is 2.26. The molecule has 0 spiro atoms. The van der Waals surface area contributed by atoms with E-state index in [1.165, 1.54) is 5.56 Å². The van der Waals surface area contributed by atoms with Crippen LogP contribution in [0.15, 0.2) is 35.7 Å². The highest BCUT2D eigenvalue weighted by atomic mass is 32.1. The Morgan fingerprint density at radius 3 is 2.52 bits per heavy atom. The van der Waals surface area contributed by atoms with Gasteiger partial charge in [-0.2, -0.15) is 0 Å². The smallest absolute Gasteiger partial charge is 0.188 e. The number of anilines is 2. The molecule has 0 amide bonds. The first-order valence-electron chi connectivity index (χ1n) is 8.25. The van der Waals surface area contributed by atoms with E-state index in [0.717, 1.165) is 46.7 Å². The first-order valence-corrected chi connectivity index (χ1v) is 9.13. The van der Waals surface area contributed by atoms with E-state index in [-0.39, 0.29) is 0 Å². The van der Waals surface area contributed by atoms with Gasteiger partial charge in [-0.1, -0.05) is 30.3 Å². The Labute approximate surface area is 152 Å². The van der Waals surface area contributed by atoms with Crippen LogP contribution in [0.4, 0.5) is 10.9 Å². The first-order chi connectivity index (χ1) is 12.0. The summed E-state index contributed by atoms with van der Waals surface area (Å²) in [4.78, 5) is 15.9. The van der Waals surface area contributed by atoms with Crippen molar-refractivity contribution in [2.24, 2.45) is 0 Å². The molecule has 130 valence electrons. The third-order valence-corrected chi connectivity index (χ3v) is 4.61. The Balaban J connectivity index is 1.88. The molecule has 0 unspecified atom stereocenters. The third-order valence-electron chi connectivity index (χ3n) is 3.80. The zero-order valence-electron chi connectivity index (χ0n) is 15.1. The minimum atomic E-state index is 0.766. The molecular formula is C19H23N5S. The molecule has 0 bridgehead atoms. The Hall–Kier alpha value is -2.31. The molecule has 2 heterocycles. The van der Waals surface area contributed by atoms with Crippen molar-refractivity contribution in [3.05, 3.63) is 64.1 Å². The Morgan fingerprint density at radius 2 is 1.80 bits per heavy atom. The summed E-state index contributed by atoms with van der Waals surface area (Å²) >= 11 is 1.60. The number of nitrogens with one attached hydrogen (secondary N) is 1. The van der Waals surface area contributed by atoms with Crippen LogP contribution in [0.1, 0.15) is 28.3 Å². The van der Waals surface area contributed by atoms with E-state index in [2.05, 4.69) is 54.8 Å². The lowest BCUT2D eigenvalue weighted by molar-refractivity contribution is 0.398. The van der Waals surface area contributed by atoms with Gasteiger partial charge in [-0.05, 0) is 33.5 Å². The molecule has 0 saturated carbocycles. The molecule has 0 radical (unpaired) electrons. The van der Waals surface area contributed by atoms with E-state index in [9.17, 15) is 0 Å². The fourth-order valence-electron chi connectivity index (χ4n) is 2.71. The number of hydrogen-bond acceptors (Lipinski definition) is 6. The summed E-state index contributed by atoms with van der Waals surface area (Å²) in [7, 11) is 4.09. The van der Waals surface area contributed by atoms with Crippen LogP contribution < -0.4 is 5.32 Å². The topological polar surface area (TPSA) is 53.9 Å². The van der Waals surface area contributed by atoms with Crippen molar-refractivity contribution in [3.63, 3.8) is 0 Å². The molecule has 3 rings (SSSR count). The largest absolute Gasteiger partial charge is 0.316 e. The van der Waals surface area contributed by atoms with Gasteiger partial charge < -0.3 is 10.2 Å². The maximum atomic E-state index is 4.66. The first kappa shape index (κ1) is 17.5. The van der Waals surface area contributed by atoms with Gasteiger partial charge in [-0.3, -0.25) is 0 Å². The molecule has 2 aromatic heterocycles. The van der Waals surface area contributed by atoms with Crippen LogP contribution in [0.5, 0.6) is 0 Å². The number of benzene rings is 1. The van der Waals surface area contributed by atoms with Gasteiger partial charge in [0.25, 0.3) is 0 Å². The van der Waals surface area contributed by atoms with Crippen molar-refractivity contribution in [2.45, 2.75) is 26.8 Å². The van der Waals surface area contributed by atoms with Gasteiger partial charge in [-0.25, -0.2) is 15.0 Å². The monoisotopic (exact) mass is 353 g/mol. The summed E-state index contributed by atoms with van der Waals surface area (Å²) in [6.45, 7) is 4.79. The fraction of sp³-hybridized carbons (Fsp3) is 0.316.